The van der Waals surface area contributed by atoms with Gasteiger partial charge in [0.2, 0.25) is 0 Å². The molecule has 20 heavy (non-hydrogen) atoms. The van der Waals surface area contributed by atoms with Gasteiger partial charge in [-0.3, -0.25) is 4.79 Å². The van der Waals surface area contributed by atoms with Crippen molar-refractivity contribution in [3.63, 3.8) is 0 Å². The van der Waals surface area contributed by atoms with Crippen LogP contribution in [0.25, 0.3) is 0 Å². The molecule has 1 aromatic heterocycles. The van der Waals surface area contributed by atoms with Crippen LogP contribution < -0.4 is 0 Å². The normalized spacial score (nSPS) is 12.8. The minimum Gasteiger partial charge on any atom is -0.465 e. The number of thioether (sulfide) groups is 1. The van der Waals surface area contributed by atoms with Crippen molar-refractivity contribution in [2.45, 2.75) is 44.1 Å². The number of hydrogen-bond donors (Lipinski definition) is 0. The number of fused-ring (bicyclic) bond motifs is 1. The molecule has 1 aliphatic rings. The van der Waals surface area contributed by atoms with Crippen molar-refractivity contribution in [1.29, 1.82) is 5.26 Å². The maximum Gasteiger partial charge on any atom is 0.316 e. The lowest BCUT2D eigenvalue weighted by Crippen LogP contribution is -2.09. The summed E-state index contributed by atoms with van der Waals surface area (Å²) in [5.41, 5.74) is 2.82. The van der Waals surface area contributed by atoms with Gasteiger partial charge in [0, 0.05) is 5.69 Å². The number of nitrogens with zero attached hydrogens (tertiary/aromatic N) is 2. The molecule has 0 atom stereocenters. The third kappa shape index (κ3) is 3.73. The first-order valence-corrected chi connectivity index (χ1v) is 7.94. The smallest absolute Gasteiger partial charge is 0.316 e. The molecule has 0 saturated carbocycles. The van der Waals surface area contributed by atoms with Crippen molar-refractivity contribution >= 4 is 17.7 Å². The van der Waals surface area contributed by atoms with Gasteiger partial charge in [-0.2, -0.15) is 5.26 Å². The molecule has 1 aliphatic carbocycles. The average Bonchev–Trinajstić information content (AvgIpc) is 2.91. The van der Waals surface area contributed by atoms with Crippen molar-refractivity contribution in [3.8, 4) is 6.07 Å². The zero-order valence-corrected chi connectivity index (χ0v) is 12.5. The molecular formula is C15H18N2O2S. The van der Waals surface area contributed by atoms with Crippen LogP contribution in [0, 0.1) is 11.3 Å². The molecule has 0 unspecified atom stereocenters. The fourth-order valence-electron chi connectivity index (χ4n) is 2.14. The molecule has 0 bridgehead atoms. The predicted molar refractivity (Wildman–Crippen MR) is 77.6 cm³/mol. The summed E-state index contributed by atoms with van der Waals surface area (Å²) >= 11 is 1.30. The van der Waals surface area contributed by atoms with Crippen molar-refractivity contribution in [1.82, 2.24) is 4.98 Å². The molecule has 5 heteroatoms. The van der Waals surface area contributed by atoms with Crippen LogP contribution in [0.15, 0.2) is 11.1 Å². The maximum absolute atomic E-state index is 11.6. The molecule has 0 N–H and O–H groups in total. The summed E-state index contributed by atoms with van der Waals surface area (Å²) in [5.74, 6) is -0.0286. The van der Waals surface area contributed by atoms with Gasteiger partial charge in [0.05, 0.1) is 17.9 Å². The van der Waals surface area contributed by atoms with Gasteiger partial charge in [-0.1, -0.05) is 25.1 Å². The number of unbranched alkanes of at least 4 members (excludes halogenated alkanes) is 1. The highest BCUT2D eigenvalue weighted by Gasteiger charge is 2.17. The number of carbonyl (C=O) groups is 1. The average molecular weight is 290 g/mol. The van der Waals surface area contributed by atoms with E-state index in [1.54, 1.807) is 0 Å². The van der Waals surface area contributed by atoms with Gasteiger partial charge in [-0.15, -0.1) is 0 Å². The Morgan fingerprint density at radius 2 is 2.40 bits per heavy atom. The van der Waals surface area contributed by atoms with Gasteiger partial charge in [0.25, 0.3) is 0 Å². The summed E-state index contributed by atoms with van der Waals surface area (Å²) in [6.45, 7) is 2.52. The summed E-state index contributed by atoms with van der Waals surface area (Å²) in [5, 5.41) is 9.82. The molecule has 0 aliphatic heterocycles. The molecule has 0 spiro atoms. The lowest BCUT2D eigenvalue weighted by Gasteiger charge is -2.07. The van der Waals surface area contributed by atoms with Crippen molar-refractivity contribution in [2.24, 2.45) is 0 Å². The SMILES string of the molecule is CCCCOC(=O)CSc1nc2c(cc1C#N)CCC2. The number of nitriles is 1. The highest BCUT2D eigenvalue weighted by atomic mass is 32.2. The number of rotatable bonds is 6. The quantitative estimate of drug-likeness (QED) is 0.458. The van der Waals surface area contributed by atoms with Gasteiger partial charge < -0.3 is 4.74 Å². The van der Waals surface area contributed by atoms with Gasteiger partial charge in [0.15, 0.2) is 0 Å². The Morgan fingerprint density at radius 1 is 1.55 bits per heavy atom. The minimum absolute atomic E-state index is 0.212. The van der Waals surface area contributed by atoms with E-state index in [9.17, 15) is 4.79 Å². The number of esters is 1. The zero-order valence-electron chi connectivity index (χ0n) is 11.6. The monoisotopic (exact) mass is 290 g/mol. The summed E-state index contributed by atoms with van der Waals surface area (Å²) in [7, 11) is 0. The van der Waals surface area contributed by atoms with E-state index in [2.05, 4.69) is 18.0 Å². The Balaban J connectivity index is 1.96. The maximum atomic E-state index is 11.6. The first-order valence-electron chi connectivity index (χ1n) is 6.96. The van der Waals surface area contributed by atoms with E-state index in [1.807, 2.05) is 6.07 Å². The summed E-state index contributed by atoms with van der Waals surface area (Å²) in [4.78, 5) is 16.1. The number of aromatic nitrogens is 1. The second-order valence-electron chi connectivity index (χ2n) is 4.77. The van der Waals surface area contributed by atoms with Crippen molar-refractivity contribution < 1.29 is 9.53 Å². The van der Waals surface area contributed by atoms with E-state index in [-0.39, 0.29) is 11.7 Å². The number of hydrogen-bond acceptors (Lipinski definition) is 5. The van der Waals surface area contributed by atoms with Gasteiger partial charge in [0.1, 0.15) is 11.1 Å². The van der Waals surface area contributed by atoms with Crippen LogP contribution in [0.4, 0.5) is 0 Å². The first kappa shape index (κ1) is 14.9. The van der Waals surface area contributed by atoms with E-state index < -0.39 is 0 Å². The second kappa shape index (κ2) is 7.30. The van der Waals surface area contributed by atoms with E-state index in [1.165, 1.54) is 17.3 Å². The molecule has 2 rings (SSSR count). The highest BCUT2D eigenvalue weighted by molar-refractivity contribution is 7.99. The van der Waals surface area contributed by atoms with Crippen molar-refractivity contribution in [3.05, 3.63) is 22.9 Å². The fraction of sp³-hybridized carbons (Fsp3) is 0.533. The van der Waals surface area contributed by atoms with E-state index >= 15 is 0 Å². The first-order chi connectivity index (χ1) is 9.74. The fourth-order valence-corrected chi connectivity index (χ4v) is 2.92. The third-order valence-corrected chi connectivity index (χ3v) is 4.19. The molecule has 106 valence electrons. The van der Waals surface area contributed by atoms with Crippen LogP contribution in [-0.4, -0.2) is 23.3 Å². The summed E-state index contributed by atoms with van der Waals surface area (Å²) in [6, 6.07) is 4.08. The van der Waals surface area contributed by atoms with E-state index in [0.29, 0.717) is 17.2 Å². The standard InChI is InChI=1S/C15H18N2O2S/c1-2-3-7-19-14(18)10-20-15-12(9-16)8-11-5-4-6-13(11)17-15/h8H,2-7,10H2,1H3. The van der Waals surface area contributed by atoms with Gasteiger partial charge >= 0.3 is 5.97 Å². The van der Waals surface area contributed by atoms with Crippen LogP contribution in [0.2, 0.25) is 0 Å². The molecule has 0 fully saturated rings. The largest absolute Gasteiger partial charge is 0.465 e. The Bertz CT molecular complexity index is 537. The van der Waals surface area contributed by atoms with Crippen LogP contribution in [0.1, 0.15) is 43.0 Å². The number of pyridine rings is 1. The third-order valence-electron chi connectivity index (χ3n) is 3.22. The number of ether oxygens (including phenoxy) is 1. The summed E-state index contributed by atoms with van der Waals surface area (Å²) in [6.07, 6.45) is 4.96. The molecule has 0 radical (unpaired) electrons. The molecule has 1 aromatic rings. The Kier molecular flexibility index (Phi) is 5.42. The Labute approximate surface area is 123 Å². The van der Waals surface area contributed by atoms with Gasteiger partial charge in [-0.05, 0) is 37.3 Å². The van der Waals surface area contributed by atoms with Crippen LogP contribution >= 0.6 is 11.8 Å². The molecule has 1 heterocycles. The molecule has 0 aromatic carbocycles. The van der Waals surface area contributed by atoms with E-state index in [4.69, 9.17) is 10.00 Å². The second-order valence-corrected chi connectivity index (χ2v) is 5.74. The van der Waals surface area contributed by atoms with Crippen LogP contribution in [-0.2, 0) is 22.4 Å². The van der Waals surface area contributed by atoms with Crippen LogP contribution in [0.3, 0.4) is 0 Å². The van der Waals surface area contributed by atoms with E-state index in [0.717, 1.165) is 37.8 Å². The summed E-state index contributed by atoms with van der Waals surface area (Å²) < 4.78 is 5.10. The lowest BCUT2D eigenvalue weighted by atomic mass is 10.2. The zero-order chi connectivity index (χ0) is 14.4. The number of carbonyl (C=O) groups excluding carboxylic acids is 1. The Morgan fingerprint density at radius 3 is 3.15 bits per heavy atom. The number of aryl methyl sites for hydroxylation is 2. The molecule has 0 saturated heterocycles. The van der Waals surface area contributed by atoms with Crippen molar-refractivity contribution in [2.75, 3.05) is 12.4 Å². The van der Waals surface area contributed by atoms with Crippen LogP contribution in [0.5, 0.6) is 0 Å². The molecule has 4 nitrogen and oxygen atoms in total. The highest BCUT2D eigenvalue weighted by Crippen LogP contribution is 2.27. The molecule has 0 amide bonds. The predicted octanol–water partition coefficient (Wildman–Crippen LogP) is 2.88. The van der Waals surface area contributed by atoms with Gasteiger partial charge in [-0.25, -0.2) is 4.98 Å². The molecular weight excluding hydrogens is 272 g/mol. The topological polar surface area (TPSA) is 63.0 Å². The lowest BCUT2D eigenvalue weighted by molar-refractivity contribution is -0.140. The Hall–Kier alpha value is -1.54. The minimum atomic E-state index is -0.241.